The molecule has 0 radical (unpaired) electrons. The quantitative estimate of drug-likeness (QED) is 0.662. The molecule has 1 aromatic carbocycles. The number of thioether (sulfide) groups is 1. The summed E-state index contributed by atoms with van der Waals surface area (Å²) in [7, 11) is 0. The standard InChI is InChI=1S/C11H13NO4S/c12-8(11(15)16)5-6-17-9-4-2-1-3-7(9)10(13)14/h1-4,8H,5-6,12H2,(H,13,14)(H,15,16). The zero-order valence-corrected chi connectivity index (χ0v) is 9.81. The highest BCUT2D eigenvalue weighted by Gasteiger charge is 2.13. The maximum Gasteiger partial charge on any atom is 0.336 e. The maximum absolute atomic E-state index is 10.9. The highest BCUT2D eigenvalue weighted by atomic mass is 32.2. The van der Waals surface area contributed by atoms with Crippen LogP contribution >= 0.6 is 11.8 Å². The van der Waals surface area contributed by atoms with Crippen molar-refractivity contribution >= 4 is 23.7 Å². The van der Waals surface area contributed by atoms with E-state index in [1.165, 1.54) is 17.8 Å². The Morgan fingerprint density at radius 1 is 1.29 bits per heavy atom. The molecule has 0 saturated heterocycles. The number of hydrogen-bond donors (Lipinski definition) is 3. The number of aliphatic carboxylic acids is 1. The van der Waals surface area contributed by atoms with Crippen LogP contribution in [0.15, 0.2) is 29.2 Å². The summed E-state index contributed by atoms with van der Waals surface area (Å²) in [5.41, 5.74) is 5.57. The Balaban J connectivity index is 2.58. The molecule has 1 aromatic rings. The molecule has 0 amide bonds. The molecule has 1 atom stereocenters. The fourth-order valence-corrected chi connectivity index (χ4v) is 2.27. The third-order valence-corrected chi connectivity index (χ3v) is 3.23. The van der Waals surface area contributed by atoms with Crippen LogP contribution in [0, 0.1) is 0 Å². The van der Waals surface area contributed by atoms with E-state index in [0.717, 1.165) is 0 Å². The Morgan fingerprint density at radius 2 is 1.94 bits per heavy atom. The van der Waals surface area contributed by atoms with E-state index in [1.807, 2.05) is 0 Å². The first-order valence-corrected chi connectivity index (χ1v) is 5.94. The van der Waals surface area contributed by atoms with E-state index in [4.69, 9.17) is 15.9 Å². The number of nitrogens with two attached hydrogens (primary N) is 1. The van der Waals surface area contributed by atoms with Crippen LogP contribution < -0.4 is 5.73 Å². The van der Waals surface area contributed by atoms with Gasteiger partial charge in [0, 0.05) is 10.6 Å². The molecule has 0 aliphatic carbocycles. The Hall–Kier alpha value is -1.53. The Morgan fingerprint density at radius 3 is 2.53 bits per heavy atom. The van der Waals surface area contributed by atoms with Gasteiger partial charge in [0.15, 0.2) is 0 Å². The second-order valence-electron chi connectivity index (χ2n) is 3.38. The van der Waals surface area contributed by atoms with Crippen molar-refractivity contribution in [2.45, 2.75) is 17.4 Å². The molecule has 0 fully saturated rings. The molecule has 1 rings (SSSR count). The summed E-state index contributed by atoms with van der Waals surface area (Å²) in [5, 5.41) is 17.5. The van der Waals surface area contributed by atoms with Gasteiger partial charge in [0.2, 0.25) is 0 Å². The zero-order valence-electron chi connectivity index (χ0n) is 9.00. The van der Waals surface area contributed by atoms with E-state index < -0.39 is 18.0 Å². The minimum atomic E-state index is -1.04. The maximum atomic E-state index is 10.9. The van der Waals surface area contributed by atoms with E-state index in [1.54, 1.807) is 18.2 Å². The minimum absolute atomic E-state index is 0.224. The van der Waals surface area contributed by atoms with Crippen molar-refractivity contribution in [3.63, 3.8) is 0 Å². The smallest absolute Gasteiger partial charge is 0.336 e. The van der Waals surface area contributed by atoms with Gasteiger partial charge < -0.3 is 15.9 Å². The number of carboxylic acid groups (broad SMARTS) is 2. The Labute approximate surface area is 103 Å². The van der Waals surface area contributed by atoms with Gasteiger partial charge >= 0.3 is 11.9 Å². The monoisotopic (exact) mass is 255 g/mol. The van der Waals surface area contributed by atoms with Crippen molar-refractivity contribution in [1.29, 1.82) is 0 Å². The van der Waals surface area contributed by atoms with Crippen LogP contribution in [-0.2, 0) is 4.79 Å². The molecular weight excluding hydrogens is 242 g/mol. The number of rotatable bonds is 6. The van der Waals surface area contributed by atoms with E-state index in [-0.39, 0.29) is 5.56 Å². The summed E-state index contributed by atoms with van der Waals surface area (Å²) in [5.74, 6) is -1.56. The second-order valence-corrected chi connectivity index (χ2v) is 4.52. The lowest BCUT2D eigenvalue weighted by atomic mass is 10.2. The highest BCUT2D eigenvalue weighted by molar-refractivity contribution is 7.99. The third-order valence-electron chi connectivity index (χ3n) is 2.12. The molecule has 0 aromatic heterocycles. The summed E-state index contributed by atoms with van der Waals surface area (Å²) in [4.78, 5) is 22.0. The molecule has 0 aliphatic heterocycles. The summed E-state index contributed by atoms with van der Waals surface area (Å²) in [6.45, 7) is 0. The van der Waals surface area contributed by atoms with Crippen molar-refractivity contribution in [3.05, 3.63) is 29.8 Å². The predicted octanol–water partition coefficient (Wildman–Crippen LogP) is 1.28. The first-order chi connectivity index (χ1) is 8.02. The lowest BCUT2D eigenvalue weighted by Crippen LogP contribution is -2.30. The van der Waals surface area contributed by atoms with Gasteiger partial charge in [0.25, 0.3) is 0 Å². The van der Waals surface area contributed by atoms with Gasteiger partial charge in [0.05, 0.1) is 5.56 Å². The van der Waals surface area contributed by atoms with E-state index in [2.05, 4.69) is 0 Å². The molecule has 0 saturated carbocycles. The molecule has 1 unspecified atom stereocenters. The number of carbonyl (C=O) groups is 2. The molecule has 92 valence electrons. The van der Waals surface area contributed by atoms with E-state index in [9.17, 15) is 9.59 Å². The lowest BCUT2D eigenvalue weighted by Gasteiger charge is -2.07. The largest absolute Gasteiger partial charge is 0.480 e. The van der Waals surface area contributed by atoms with Crippen LogP contribution in [0.1, 0.15) is 16.8 Å². The average Bonchev–Trinajstić information content (AvgIpc) is 2.29. The van der Waals surface area contributed by atoms with E-state index >= 15 is 0 Å². The van der Waals surface area contributed by atoms with Crippen LogP contribution in [0.5, 0.6) is 0 Å². The fraction of sp³-hybridized carbons (Fsp3) is 0.273. The summed E-state index contributed by atoms with van der Waals surface area (Å²) in [6.07, 6.45) is 0.300. The van der Waals surface area contributed by atoms with Crippen LogP contribution in [0.4, 0.5) is 0 Å². The molecular formula is C11H13NO4S. The van der Waals surface area contributed by atoms with Crippen molar-refractivity contribution in [2.24, 2.45) is 5.73 Å². The van der Waals surface area contributed by atoms with Crippen molar-refractivity contribution in [2.75, 3.05) is 5.75 Å². The summed E-state index contributed by atoms with van der Waals surface area (Å²) >= 11 is 1.30. The summed E-state index contributed by atoms with van der Waals surface area (Å²) in [6, 6.07) is 5.70. The highest BCUT2D eigenvalue weighted by Crippen LogP contribution is 2.23. The van der Waals surface area contributed by atoms with Gasteiger partial charge in [-0.25, -0.2) is 4.79 Å². The summed E-state index contributed by atoms with van der Waals surface area (Å²) < 4.78 is 0. The van der Waals surface area contributed by atoms with Crippen molar-refractivity contribution < 1.29 is 19.8 Å². The minimum Gasteiger partial charge on any atom is -0.480 e. The molecule has 4 N–H and O–H groups in total. The fourth-order valence-electron chi connectivity index (χ4n) is 1.19. The van der Waals surface area contributed by atoms with Crippen molar-refractivity contribution in [1.82, 2.24) is 0 Å². The van der Waals surface area contributed by atoms with Crippen LogP contribution in [0.3, 0.4) is 0 Å². The van der Waals surface area contributed by atoms with Gasteiger partial charge in [-0.15, -0.1) is 11.8 Å². The van der Waals surface area contributed by atoms with Gasteiger partial charge in [0.1, 0.15) is 6.04 Å². The van der Waals surface area contributed by atoms with Gasteiger partial charge in [-0.2, -0.15) is 0 Å². The van der Waals surface area contributed by atoms with Gasteiger partial charge in [-0.05, 0) is 18.6 Å². The number of aromatic carboxylic acids is 1. The molecule has 17 heavy (non-hydrogen) atoms. The molecule has 0 aliphatic rings. The first kappa shape index (κ1) is 13.5. The first-order valence-electron chi connectivity index (χ1n) is 4.96. The van der Waals surface area contributed by atoms with Gasteiger partial charge in [-0.1, -0.05) is 12.1 Å². The van der Waals surface area contributed by atoms with Gasteiger partial charge in [-0.3, -0.25) is 4.79 Å². The molecule has 0 heterocycles. The van der Waals surface area contributed by atoms with Crippen LogP contribution in [0.25, 0.3) is 0 Å². The van der Waals surface area contributed by atoms with Crippen molar-refractivity contribution in [3.8, 4) is 0 Å². The molecule has 0 bridgehead atoms. The number of carboxylic acids is 2. The topological polar surface area (TPSA) is 101 Å². The van der Waals surface area contributed by atoms with E-state index in [0.29, 0.717) is 17.1 Å². The molecule has 5 nitrogen and oxygen atoms in total. The SMILES string of the molecule is NC(CCSc1ccccc1C(=O)O)C(=O)O. The van der Waals surface area contributed by atoms with Crippen LogP contribution in [-0.4, -0.2) is 33.9 Å². The Bertz CT molecular complexity index is 422. The second kappa shape index (κ2) is 6.27. The molecule has 6 heteroatoms. The van der Waals surface area contributed by atoms with Crippen LogP contribution in [0.2, 0.25) is 0 Å². The third kappa shape index (κ3) is 4.08. The predicted molar refractivity (Wildman–Crippen MR) is 64.4 cm³/mol. The lowest BCUT2D eigenvalue weighted by molar-refractivity contribution is -0.138. The average molecular weight is 255 g/mol. The molecule has 0 spiro atoms. The number of hydrogen-bond acceptors (Lipinski definition) is 4. The zero-order chi connectivity index (χ0) is 12.8. The number of benzene rings is 1. The normalized spacial score (nSPS) is 12.1. The Kier molecular flexibility index (Phi) is 4.99.